The molecule has 3 rings (SSSR count). The molecule has 0 spiro atoms. The highest BCUT2D eigenvalue weighted by atomic mass is 31.2. The summed E-state index contributed by atoms with van der Waals surface area (Å²) in [5, 5.41) is 5.63. The Hall–Kier alpha value is -5.24. The lowest BCUT2D eigenvalue weighted by Crippen LogP contribution is -2.35. The fraction of sp³-hybridized carbons (Fsp3) is 0.537. The minimum Gasteiger partial charge on any atom is -0.460 e. The van der Waals surface area contributed by atoms with E-state index in [0.717, 1.165) is 16.7 Å². The molecule has 0 aliphatic heterocycles. The summed E-state index contributed by atoms with van der Waals surface area (Å²) >= 11 is 0. The van der Waals surface area contributed by atoms with Gasteiger partial charge in [-0.25, -0.2) is 9.88 Å². The molecule has 0 fully saturated rings. The molecule has 2 amide bonds. The van der Waals surface area contributed by atoms with Crippen LogP contribution in [0, 0.1) is 11.8 Å². The zero-order valence-corrected chi connectivity index (χ0v) is 45.2. The lowest BCUT2D eigenvalue weighted by Gasteiger charge is -2.23. The summed E-state index contributed by atoms with van der Waals surface area (Å²) < 4.78 is 80.6. The highest BCUT2D eigenvalue weighted by molar-refractivity contribution is 7.57. The number of benzene rings is 3. The van der Waals surface area contributed by atoms with Crippen molar-refractivity contribution in [2.24, 2.45) is 5.73 Å². The number of carbonyl (C=O) groups is 3. The van der Waals surface area contributed by atoms with E-state index >= 15 is 0 Å². The summed E-state index contributed by atoms with van der Waals surface area (Å²) in [4.78, 5) is 39.1. The predicted octanol–water partition coefficient (Wildman–Crippen LogP) is 6.35. The van der Waals surface area contributed by atoms with E-state index in [9.17, 15) is 18.9 Å². The normalized spacial score (nSPS) is 13.0. The van der Waals surface area contributed by atoms with Gasteiger partial charge in [0.1, 0.15) is 38.3 Å². The minimum atomic E-state index is -3.71. The van der Waals surface area contributed by atoms with E-state index in [1.54, 1.807) is 69.5 Å². The smallest absolute Gasteiger partial charge is 0.411 e. The molecule has 20 nitrogen and oxygen atoms in total. The monoisotopic (exact) mass is 1070 g/mol. The zero-order valence-electron chi connectivity index (χ0n) is 44.3. The molecule has 0 saturated heterocycles. The van der Waals surface area contributed by atoms with Crippen molar-refractivity contribution >= 4 is 31.2 Å². The largest absolute Gasteiger partial charge is 0.460 e. The fourth-order valence-electron chi connectivity index (χ4n) is 6.14. The van der Waals surface area contributed by atoms with Crippen LogP contribution in [0.15, 0.2) is 90.5 Å². The molecule has 0 saturated carbocycles. The van der Waals surface area contributed by atoms with Crippen LogP contribution in [0.5, 0.6) is 5.75 Å². The van der Waals surface area contributed by atoms with Crippen LogP contribution in [0.3, 0.4) is 0 Å². The third-order valence-electron chi connectivity index (χ3n) is 10.3. The topological polar surface area (TPSA) is 232 Å². The van der Waals surface area contributed by atoms with Crippen LogP contribution in [0.2, 0.25) is 0 Å². The lowest BCUT2D eigenvalue weighted by molar-refractivity contribution is -0.146. The summed E-state index contributed by atoms with van der Waals surface area (Å²) in [6.07, 6.45) is 1.68. The van der Waals surface area contributed by atoms with E-state index in [1.807, 2.05) is 50.3 Å². The molecular weight excluding hydrogens is 992 g/mol. The molecule has 0 aliphatic carbocycles. The summed E-state index contributed by atoms with van der Waals surface area (Å²) in [5.41, 5.74) is 9.28. The van der Waals surface area contributed by atoms with Gasteiger partial charge in [-0.15, -0.1) is 0 Å². The molecule has 21 heteroatoms. The Balaban J connectivity index is 1.37. The number of carbonyl (C=O) groups excluding carboxylic acids is 3. The van der Waals surface area contributed by atoms with Crippen molar-refractivity contribution in [3.63, 3.8) is 0 Å². The lowest BCUT2D eigenvalue weighted by atomic mass is 10.2. The molecule has 75 heavy (non-hydrogen) atoms. The van der Waals surface area contributed by atoms with Gasteiger partial charge < -0.3 is 67.7 Å². The number of nitrogens with one attached hydrogen (secondary N) is 2. The van der Waals surface area contributed by atoms with Gasteiger partial charge in [0.05, 0.1) is 111 Å². The van der Waals surface area contributed by atoms with Crippen LogP contribution in [0.1, 0.15) is 50.8 Å². The molecule has 416 valence electrons. The summed E-state index contributed by atoms with van der Waals surface area (Å²) in [6.45, 7) is 14.3. The van der Waals surface area contributed by atoms with Crippen molar-refractivity contribution in [1.29, 1.82) is 0 Å². The van der Waals surface area contributed by atoms with Gasteiger partial charge >= 0.3 is 19.6 Å². The second-order valence-corrected chi connectivity index (χ2v) is 18.9. The number of rotatable bonds is 41. The van der Waals surface area contributed by atoms with Crippen molar-refractivity contribution in [3.05, 3.63) is 107 Å². The Bertz CT molecular complexity index is 2160. The Morgan fingerprint density at radius 3 is 1.77 bits per heavy atom. The van der Waals surface area contributed by atoms with E-state index < -0.39 is 31.7 Å². The number of nitrogens with zero attached hydrogens (tertiary/aromatic N) is 1. The number of hydrogen-bond donors (Lipinski definition) is 3. The van der Waals surface area contributed by atoms with E-state index in [2.05, 4.69) is 22.2 Å². The zero-order chi connectivity index (χ0) is 54.2. The van der Waals surface area contributed by atoms with Gasteiger partial charge in [-0.3, -0.25) is 19.1 Å². The number of hydrogen-bond acceptors (Lipinski definition) is 17. The number of ether oxygens (including phenoxy) is 11. The van der Waals surface area contributed by atoms with Gasteiger partial charge in [0.25, 0.3) is 0 Å². The minimum absolute atomic E-state index is 0.0175. The Kier molecular flexibility index (Phi) is 34.2. The maximum Gasteiger partial charge on any atom is 0.411 e. The number of nitrogens with two attached hydrogens (primary N) is 1. The van der Waals surface area contributed by atoms with Crippen molar-refractivity contribution in [2.45, 2.75) is 59.4 Å². The van der Waals surface area contributed by atoms with E-state index in [4.69, 9.17) is 62.4 Å². The number of anilines is 1. The standard InChI is InChI=1S/C54H79N4O16P/c1-6-58(54(61)73-42-49-16-20-50(21-17-49)56-52(59)45(3)55)43-71-40-44(2)12-11-39-75(62,57-46(4)53(60)72-41-48-13-8-7-9-14-48)74-51-22-18-47(19-23-51)15-10-24-64-27-28-66-31-32-68-35-36-70-38-37-69-34-33-67-30-29-65-26-25-63-5/h7-9,12-14,16-23,45-46H,6,11,24-43,55H2,1-5H3,(H,56,59)(H,57,62)/b44-12+/t45-,46-,75?/m0/s1. The number of methoxy groups -OCH3 is 1. The second-order valence-electron chi connectivity index (χ2n) is 16.7. The van der Waals surface area contributed by atoms with Gasteiger partial charge in [-0.2, -0.15) is 0 Å². The van der Waals surface area contributed by atoms with Crippen LogP contribution in [0.4, 0.5) is 10.5 Å². The maximum absolute atomic E-state index is 14.4. The van der Waals surface area contributed by atoms with Crippen LogP contribution >= 0.6 is 7.52 Å². The van der Waals surface area contributed by atoms with Crippen LogP contribution in [-0.4, -0.2) is 167 Å². The summed E-state index contributed by atoms with van der Waals surface area (Å²) in [7, 11) is -2.07. The van der Waals surface area contributed by atoms with Gasteiger partial charge in [-0.05, 0) is 81.6 Å². The van der Waals surface area contributed by atoms with Crippen molar-refractivity contribution in [2.75, 3.05) is 138 Å². The maximum atomic E-state index is 14.4. The highest BCUT2D eigenvalue weighted by Crippen LogP contribution is 2.44. The molecule has 3 atom stereocenters. The van der Waals surface area contributed by atoms with E-state index in [0.29, 0.717) is 122 Å². The van der Waals surface area contributed by atoms with Gasteiger partial charge in [0.2, 0.25) is 5.91 Å². The first kappa shape index (κ1) is 64.0. The molecule has 0 aromatic heterocycles. The van der Waals surface area contributed by atoms with Crippen LogP contribution in [-0.2, 0) is 79.5 Å². The molecule has 0 radical (unpaired) electrons. The first-order chi connectivity index (χ1) is 36.4. The molecule has 0 aliphatic rings. The molecular formula is C54H79N4O16P. The number of esters is 1. The molecule has 3 aromatic rings. The van der Waals surface area contributed by atoms with E-state index in [1.165, 1.54) is 4.90 Å². The summed E-state index contributed by atoms with van der Waals surface area (Å²) in [5.74, 6) is 5.46. The number of amides is 2. The van der Waals surface area contributed by atoms with Crippen LogP contribution in [0.25, 0.3) is 0 Å². The molecule has 0 bridgehead atoms. The van der Waals surface area contributed by atoms with Gasteiger partial charge in [0.15, 0.2) is 0 Å². The highest BCUT2D eigenvalue weighted by Gasteiger charge is 2.30. The third kappa shape index (κ3) is 30.8. The Morgan fingerprint density at radius 2 is 1.23 bits per heavy atom. The molecule has 4 N–H and O–H groups in total. The molecule has 0 heterocycles. The van der Waals surface area contributed by atoms with Crippen molar-refractivity contribution in [1.82, 2.24) is 9.99 Å². The molecule has 3 aromatic carbocycles. The average Bonchev–Trinajstić information content (AvgIpc) is 3.40. The van der Waals surface area contributed by atoms with Gasteiger partial charge in [0, 0.05) is 24.9 Å². The first-order valence-corrected chi connectivity index (χ1v) is 26.9. The quantitative estimate of drug-likeness (QED) is 0.0140. The van der Waals surface area contributed by atoms with Crippen molar-refractivity contribution < 1.29 is 75.6 Å². The Morgan fingerprint density at radius 1 is 0.693 bits per heavy atom. The second kappa shape index (κ2) is 40.1. The van der Waals surface area contributed by atoms with Crippen molar-refractivity contribution in [3.8, 4) is 17.6 Å². The third-order valence-corrected chi connectivity index (χ3v) is 12.4. The SMILES string of the molecule is CCN(COC/C(C)=C/CCP(=O)(N[C@@H](C)C(=O)OCc1ccccc1)Oc1ccc(C#CCOCCOCCOCCOCCOCCOCCOCCOC)cc1)C(=O)OCc1ccc(NC(=O)[C@H](C)N)cc1. The van der Waals surface area contributed by atoms with Crippen LogP contribution < -0.4 is 20.7 Å². The van der Waals surface area contributed by atoms with E-state index in [-0.39, 0.29) is 45.2 Å². The van der Waals surface area contributed by atoms with Gasteiger partial charge in [-0.1, -0.05) is 66.0 Å². The molecule has 1 unspecified atom stereocenters. The fourth-order valence-corrected chi connectivity index (χ4v) is 8.04. The Labute approximate surface area is 442 Å². The average molecular weight is 1070 g/mol. The summed E-state index contributed by atoms with van der Waals surface area (Å²) in [6, 6.07) is 21.4. The first-order valence-electron chi connectivity index (χ1n) is 25.1. The predicted molar refractivity (Wildman–Crippen MR) is 283 cm³/mol. The number of allylic oxidation sites excluding steroid dienone is 1.